The highest BCUT2D eigenvalue weighted by Crippen LogP contribution is 2.54. The van der Waals surface area contributed by atoms with Crippen molar-refractivity contribution >= 4 is 11.1 Å². The number of benzene rings is 4. The first-order valence-electron chi connectivity index (χ1n) is 19.3. The zero-order valence-electron chi connectivity index (χ0n) is 32.7. The van der Waals surface area contributed by atoms with E-state index in [9.17, 15) is 0 Å². The molecule has 264 valence electrons. The SMILES string of the molecule is C=CC1(C2=CCC(C)C=C2)CC(=C)c2cccc(C)c21.Cc1ccc2c(c1)C(C)(C)C1CC=CC=C21.Cc1ccc2c(c1)C(C)(C)c1ccccc1-2. The summed E-state index contributed by atoms with van der Waals surface area (Å²) in [5.74, 6) is 1.32. The number of hydrogen-bond acceptors (Lipinski definition) is 0. The molecule has 5 aliphatic carbocycles. The number of rotatable bonds is 2. The summed E-state index contributed by atoms with van der Waals surface area (Å²) < 4.78 is 0. The molecular formula is C52H56. The number of hydrogen-bond donors (Lipinski definition) is 0. The van der Waals surface area contributed by atoms with E-state index in [0.29, 0.717) is 11.8 Å². The fraction of sp³-hybridized carbons (Fsp3) is 0.308. The number of allylic oxidation sites excluding steroid dienone is 10. The van der Waals surface area contributed by atoms with Gasteiger partial charge in [-0.15, -0.1) is 6.58 Å². The quantitative estimate of drug-likeness (QED) is 0.185. The van der Waals surface area contributed by atoms with Gasteiger partial charge in [0.2, 0.25) is 0 Å². The van der Waals surface area contributed by atoms with E-state index in [1.165, 1.54) is 78.8 Å². The van der Waals surface area contributed by atoms with Crippen LogP contribution in [0.4, 0.5) is 0 Å². The summed E-state index contributed by atoms with van der Waals surface area (Å²) in [4.78, 5) is 0. The van der Waals surface area contributed by atoms with E-state index < -0.39 is 0 Å². The second-order valence-electron chi connectivity index (χ2n) is 17.0. The lowest BCUT2D eigenvalue weighted by atomic mass is 9.71. The molecule has 0 spiro atoms. The van der Waals surface area contributed by atoms with Gasteiger partial charge in [0.1, 0.15) is 0 Å². The average Bonchev–Trinajstić information content (AvgIpc) is 3.66. The molecule has 0 aliphatic heterocycles. The maximum absolute atomic E-state index is 4.29. The minimum Gasteiger partial charge on any atom is -0.102 e. The summed E-state index contributed by atoms with van der Waals surface area (Å²) in [6.07, 6.45) is 19.2. The Morgan fingerprint density at radius 2 is 1.40 bits per heavy atom. The van der Waals surface area contributed by atoms with E-state index in [0.717, 1.165) is 12.8 Å². The van der Waals surface area contributed by atoms with Gasteiger partial charge in [0.25, 0.3) is 0 Å². The summed E-state index contributed by atoms with van der Waals surface area (Å²) in [6, 6.07) is 29.0. The molecule has 0 amide bonds. The molecule has 3 unspecified atom stereocenters. The van der Waals surface area contributed by atoms with Crippen LogP contribution in [0.2, 0.25) is 0 Å². The van der Waals surface area contributed by atoms with Crippen LogP contribution in [0.25, 0.3) is 22.3 Å². The maximum atomic E-state index is 4.29. The topological polar surface area (TPSA) is 0 Å². The van der Waals surface area contributed by atoms with Crippen molar-refractivity contribution in [1.29, 1.82) is 0 Å². The second-order valence-corrected chi connectivity index (χ2v) is 17.0. The van der Waals surface area contributed by atoms with Crippen LogP contribution in [0.1, 0.15) is 104 Å². The van der Waals surface area contributed by atoms with Crippen molar-refractivity contribution in [3.8, 4) is 11.1 Å². The lowest BCUT2D eigenvalue weighted by Gasteiger charge is -2.31. The van der Waals surface area contributed by atoms with E-state index in [2.05, 4.69) is 190 Å². The summed E-state index contributed by atoms with van der Waals surface area (Å²) >= 11 is 0. The molecule has 0 nitrogen and oxygen atoms in total. The van der Waals surface area contributed by atoms with Crippen molar-refractivity contribution in [2.24, 2.45) is 11.8 Å². The predicted molar refractivity (Wildman–Crippen MR) is 226 cm³/mol. The van der Waals surface area contributed by atoms with Gasteiger partial charge in [-0.3, -0.25) is 0 Å². The van der Waals surface area contributed by atoms with Gasteiger partial charge in [0.05, 0.1) is 0 Å². The minimum atomic E-state index is -0.0750. The highest BCUT2D eigenvalue weighted by molar-refractivity contribution is 5.82. The Morgan fingerprint density at radius 3 is 2.12 bits per heavy atom. The molecule has 4 aromatic carbocycles. The molecule has 0 N–H and O–H groups in total. The molecule has 5 aliphatic rings. The zero-order chi connectivity index (χ0) is 37.0. The lowest BCUT2D eigenvalue weighted by Crippen LogP contribution is -2.24. The van der Waals surface area contributed by atoms with Crippen LogP contribution in [0.3, 0.4) is 0 Å². The Hall–Kier alpha value is -4.68. The fourth-order valence-corrected chi connectivity index (χ4v) is 9.71. The first-order valence-corrected chi connectivity index (χ1v) is 19.3. The third-order valence-corrected chi connectivity index (χ3v) is 12.7. The maximum Gasteiger partial charge on any atom is 0.0424 e. The van der Waals surface area contributed by atoms with Crippen molar-refractivity contribution in [3.05, 3.63) is 190 Å². The fourth-order valence-electron chi connectivity index (χ4n) is 9.71. The lowest BCUT2D eigenvalue weighted by molar-refractivity contribution is 0.414. The molecule has 0 aromatic heterocycles. The third kappa shape index (κ3) is 5.85. The van der Waals surface area contributed by atoms with Crippen LogP contribution in [-0.2, 0) is 16.2 Å². The monoisotopic (exact) mass is 680 g/mol. The highest BCUT2D eigenvalue weighted by Gasteiger charge is 2.43. The van der Waals surface area contributed by atoms with E-state index >= 15 is 0 Å². The zero-order valence-corrected chi connectivity index (χ0v) is 32.7. The molecule has 0 saturated carbocycles. The first-order chi connectivity index (χ1) is 24.8. The van der Waals surface area contributed by atoms with Crippen molar-refractivity contribution in [2.75, 3.05) is 0 Å². The highest BCUT2D eigenvalue weighted by atomic mass is 14.5. The van der Waals surface area contributed by atoms with Crippen LogP contribution in [-0.4, -0.2) is 0 Å². The van der Waals surface area contributed by atoms with Gasteiger partial charge in [-0.2, -0.15) is 0 Å². The summed E-state index contributed by atoms with van der Waals surface area (Å²) in [6.45, 7) is 26.7. The molecular weight excluding hydrogens is 625 g/mol. The molecule has 0 radical (unpaired) electrons. The van der Waals surface area contributed by atoms with E-state index in [-0.39, 0.29) is 16.2 Å². The van der Waals surface area contributed by atoms with E-state index in [1.807, 2.05) is 0 Å². The van der Waals surface area contributed by atoms with Gasteiger partial charge in [-0.25, -0.2) is 0 Å². The molecule has 52 heavy (non-hydrogen) atoms. The summed E-state index contributed by atoms with van der Waals surface area (Å²) in [5.41, 5.74) is 20.1. The Kier molecular flexibility index (Phi) is 9.19. The van der Waals surface area contributed by atoms with Gasteiger partial charge >= 0.3 is 0 Å². The molecule has 0 bridgehead atoms. The number of fused-ring (bicyclic) bond motifs is 7. The van der Waals surface area contributed by atoms with Crippen LogP contribution >= 0.6 is 0 Å². The first kappa shape index (κ1) is 35.7. The van der Waals surface area contributed by atoms with Gasteiger partial charge in [-0.1, -0.05) is 174 Å². The average molecular weight is 681 g/mol. The van der Waals surface area contributed by atoms with Crippen LogP contribution < -0.4 is 0 Å². The summed E-state index contributed by atoms with van der Waals surface area (Å²) in [7, 11) is 0. The molecule has 9 rings (SSSR count). The Labute approximate surface area is 314 Å². The predicted octanol–water partition coefficient (Wildman–Crippen LogP) is 13.9. The summed E-state index contributed by atoms with van der Waals surface area (Å²) in [5, 5.41) is 0. The molecule has 0 fully saturated rings. The van der Waals surface area contributed by atoms with Crippen molar-refractivity contribution in [3.63, 3.8) is 0 Å². The molecule has 4 aromatic rings. The largest absolute Gasteiger partial charge is 0.102 e. The van der Waals surface area contributed by atoms with Crippen molar-refractivity contribution in [2.45, 2.75) is 90.9 Å². The van der Waals surface area contributed by atoms with E-state index in [4.69, 9.17) is 0 Å². The molecule has 0 saturated heterocycles. The van der Waals surface area contributed by atoms with Gasteiger partial charge in [0.15, 0.2) is 0 Å². The normalized spacial score (nSPS) is 23.3. The van der Waals surface area contributed by atoms with E-state index in [1.54, 1.807) is 5.57 Å². The third-order valence-electron chi connectivity index (χ3n) is 12.7. The van der Waals surface area contributed by atoms with Crippen LogP contribution in [0.15, 0.2) is 140 Å². The Bertz CT molecular complexity index is 2200. The minimum absolute atomic E-state index is 0.0750. The standard InChI is InChI=1S/C20H22.C16H18.C16H16/c1-5-20(17-11-9-14(2)10-12-17)13-16(4)18-8-6-7-15(3)19(18)20;2*1-11-8-9-13-12-6-4-5-7-14(12)16(2,3)15(13)10-11/h5-9,11-12,14H,1,4,10,13H2,2-3H3;4-6,8-10,14H,7H2,1-3H3;4-10H,1-3H3. The molecule has 0 heterocycles. The van der Waals surface area contributed by atoms with Gasteiger partial charge in [0, 0.05) is 10.8 Å². The molecule has 0 heteroatoms. The van der Waals surface area contributed by atoms with Crippen molar-refractivity contribution < 1.29 is 0 Å². The Balaban J connectivity index is 0.000000122. The Morgan fingerprint density at radius 1 is 0.731 bits per heavy atom. The van der Waals surface area contributed by atoms with Gasteiger partial charge < -0.3 is 0 Å². The van der Waals surface area contributed by atoms with Gasteiger partial charge in [-0.05, 0) is 124 Å². The second kappa shape index (κ2) is 13.4. The van der Waals surface area contributed by atoms with Crippen molar-refractivity contribution in [1.82, 2.24) is 0 Å². The van der Waals surface area contributed by atoms with Crippen LogP contribution in [0, 0.1) is 32.6 Å². The number of aryl methyl sites for hydroxylation is 3. The van der Waals surface area contributed by atoms with Crippen LogP contribution in [0.5, 0.6) is 0 Å². The smallest absolute Gasteiger partial charge is 0.0424 e. The molecule has 3 atom stereocenters.